The molecule has 1 aromatic heterocycles. The Morgan fingerprint density at radius 3 is 2.89 bits per heavy atom. The smallest absolute Gasteiger partial charge is 0.192 e. The Balaban J connectivity index is 0.00000324. The van der Waals surface area contributed by atoms with Crippen molar-refractivity contribution >= 4 is 29.9 Å². The highest BCUT2D eigenvalue weighted by atomic mass is 127. The van der Waals surface area contributed by atoms with Crippen molar-refractivity contribution < 1.29 is 0 Å². The lowest BCUT2D eigenvalue weighted by atomic mass is 10.2. The molecule has 1 atom stereocenters. The largest absolute Gasteiger partial charge is 0.357 e. The van der Waals surface area contributed by atoms with Crippen LogP contribution in [0.4, 0.5) is 0 Å². The van der Waals surface area contributed by atoms with E-state index in [2.05, 4.69) is 33.6 Å². The summed E-state index contributed by atoms with van der Waals surface area (Å²) < 4.78 is 1.92. The van der Waals surface area contributed by atoms with Crippen LogP contribution < -0.4 is 10.6 Å². The molecule has 0 radical (unpaired) electrons. The molecule has 1 heterocycles. The van der Waals surface area contributed by atoms with Gasteiger partial charge in [-0.25, -0.2) is 0 Å². The second-order valence-corrected chi connectivity index (χ2v) is 4.11. The van der Waals surface area contributed by atoms with Gasteiger partial charge in [-0.2, -0.15) is 5.10 Å². The van der Waals surface area contributed by atoms with Gasteiger partial charge in [-0.15, -0.1) is 30.4 Å². The zero-order valence-electron chi connectivity index (χ0n) is 11.5. The van der Waals surface area contributed by atoms with E-state index in [1.807, 2.05) is 23.9 Å². The number of nitrogens with zero attached hydrogens (tertiary/aromatic N) is 3. The van der Waals surface area contributed by atoms with Gasteiger partial charge in [0.05, 0.1) is 6.54 Å². The maximum atomic E-state index is 5.21. The second-order valence-electron chi connectivity index (χ2n) is 4.11. The van der Waals surface area contributed by atoms with Crippen molar-refractivity contribution in [1.82, 2.24) is 20.4 Å². The minimum absolute atomic E-state index is 0. The summed E-state index contributed by atoms with van der Waals surface area (Å²) in [5.74, 6) is 3.72. The molecule has 1 rings (SSSR count). The van der Waals surface area contributed by atoms with Gasteiger partial charge in [0.1, 0.15) is 0 Å². The van der Waals surface area contributed by atoms with E-state index in [9.17, 15) is 0 Å². The van der Waals surface area contributed by atoms with Gasteiger partial charge < -0.3 is 10.6 Å². The number of nitrogens with one attached hydrogen (secondary N) is 2. The van der Waals surface area contributed by atoms with Crippen LogP contribution in [0.15, 0.2) is 23.5 Å². The first-order chi connectivity index (χ1) is 8.76. The van der Waals surface area contributed by atoms with Crippen molar-refractivity contribution in [2.24, 2.45) is 10.9 Å². The summed E-state index contributed by atoms with van der Waals surface area (Å²) in [6, 6.07) is 1.93. The lowest BCUT2D eigenvalue weighted by Gasteiger charge is -2.12. The molecule has 106 valence electrons. The van der Waals surface area contributed by atoms with Crippen LogP contribution in [0.2, 0.25) is 0 Å². The van der Waals surface area contributed by atoms with E-state index in [0.29, 0.717) is 12.5 Å². The Kier molecular flexibility index (Phi) is 9.98. The van der Waals surface area contributed by atoms with E-state index in [1.165, 1.54) is 0 Å². The third-order valence-electron chi connectivity index (χ3n) is 2.32. The first kappa shape index (κ1) is 17.8. The number of aromatic nitrogens is 2. The van der Waals surface area contributed by atoms with Crippen molar-refractivity contribution in [1.29, 1.82) is 0 Å². The van der Waals surface area contributed by atoms with Gasteiger partial charge in [-0.3, -0.25) is 9.67 Å². The van der Waals surface area contributed by atoms with Crippen LogP contribution in [0.25, 0.3) is 0 Å². The predicted molar refractivity (Wildman–Crippen MR) is 89.6 cm³/mol. The molecule has 0 aliphatic carbocycles. The molecule has 0 aliphatic heterocycles. The van der Waals surface area contributed by atoms with Gasteiger partial charge in [-0.05, 0) is 18.9 Å². The third-order valence-corrected chi connectivity index (χ3v) is 2.32. The molecule has 5 nitrogen and oxygen atoms in total. The lowest BCUT2D eigenvalue weighted by molar-refractivity contribution is 0.458. The van der Waals surface area contributed by atoms with Gasteiger partial charge in [0.15, 0.2) is 5.96 Å². The average Bonchev–Trinajstić information content (AvgIpc) is 2.85. The van der Waals surface area contributed by atoms with Gasteiger partial charge >= 0.3 is 0 Å². The number of hydrogen-bond donors (Lipinski definition) is 2. The maximum absolute atomic E-state index is 5.21. The van der Waals surface area contributed by atoms with Crippen molar-refractivity contribution in [2.45, 2.75) is 20.4 Å². The molecule has 0 amide bonds. The standard InChI is InChI=1S/C13H21N5.HI/c1-4-7-15-13(14-5-2)16-10-12(3)11-18-9-6-8-17-18;/h1,6,8-9,12H,5,7,10-11H2,2-3H3,(H2,14,15,16);1H. The van der Waals surface area contributed by atoms with Crippen molar-refractivity contribution in [3.8, 4) is 12.3 Å². The molecular weight excluding hydrogens is 353 g/mol. The summed E-state index contributed by atoms with van der Waals surface area (Å²) in [6.07, 6.45) is 8.96. The maximum Gasteiger partial charge on any atom is 0.192 e. The summed E-state index contributed by atoms with van der Waals surface area (Å²) in [6.45, 7) is 7.09. The van der Waals surface area contributed by atoms with Crippen molar-refractivity contribution in [2.75, 3.05) is 19.6 Å². The first-order valence-electron chi connectivity index (χ1n) is 6.19. The molecule has 1 unspecified atom stereocenters. The fraction of sp³-hybridized carbons (Fsp3) is 0.538. The highest BCUT2D eigenvalue weighted by Gasteiger charge is 2.03. The zero-order valence-corrected chi connectivity index (χ0v) is 13.8. The van der Waals surface area contributed by atoms with Crippen LogP contribution >= 0.6 is 24.0 Å². The minimum Gasteiger partial charge on any atom is -0.357 e. The Morgan fingerprint density at radius 2 is 2.32 bits per heavy atom. The molecule has 0 aromatic carbocycles. The van der Waals surface area contributed by atoms with Crippen LogP contribution in [-0.4, -0.2) is 35.4 Å². The summed E-state index contributed by atoms with van der Waals surface area (Å²) in [5.41, 5.74) is 0. The minimum atomic E-state index is 0. The van der Waals surface area contributed by atoms with Crippen LogP contribution in [0.5, 0.6) is 0 Å². The van der Waals surface area contributed by atoms with E-state index in [0.717, 1.165) is 25.6 Å². The van der Waals surface area contributed by atoms with Crippen LogP contribution in [-0.2, 0) is 6.54 Å². The lowest BCUT2D eigenvalue weighted by Crippen LogP contribution is -2.37. The van der Waals surface area contributed by atoms with Crippen LogP contribution in [0.1, 0.15) is 13.8 Å². The highest BCUT2D eigenvalue weighted by Crippen LogP contribution is 1.99. The molecule has 19 heavy (non-hydrogen) atoms. The normalized spacial score (nSPS) is 12.2. The summed E-state index contributed by atoms with van der Waals surface area (Å²) in [4.78, 5) is 4.49. The summed E-state index contributed by atoms with van der Waals surface area (Å²) >= 11 is 0. The number of halogens is 1. The first-order valence-corrected chi connectivity index (χ1v) is 6.19. The average molecular weight is 375 g/mol. The molecule has 0 aliphatic rings. The zero-order chi connectivity index (χ0) is 13.2. The van der Waals surface area contributed by atoms with Gasteiger partial charge in [0.2, 0.25) is 0 Å². The number of aliphatic imine (C=N–C) groups is 1. The molecule has 0 bridgehead atoms. The fourth-order valence-corrected chi connectivity index (χ4v) is 1.51. The van der Waals surface area contributed by atoms with E-state index < -0.39 is 0 Å². The van der Waals surface area contributed by atoms with E-state index >= 15 is 0 Å². The fourth-order valence-electron chi connectivity index (χ4n) is 1.51. The van der Waals surface area contributed by atoms with Crippen LogP contribution in [0.3, 0.4) is 0 Å². The number of rotatable bonds is 6. The molecular formula is C13H22IN5. The van der Waals surface area contributed by atoms with Gasteiger partial charge in [0, 0.05) is 32.0 Å². The highest BCUT2D eigenvalue weighted by molar-refractivity contribution is 14.0. The number of terminal acetylenes is 1. The van der Waals surface area contributed by atoms with E-state index in [-0.39, 0.29) is 24.0 Å². The van der Waals surface area contributed by atoms with Crippen molar-refractivity contribution in [3.05, 3.63) is 18.5 Å². The summed E-state index contributed by atoms with van der Waals surface area (Å²) in [5, 5.41) is 10.4. The Hall–Kier alpha value is -1.23. The van der Waals surface area contributed by atoms with E-state index in [4.69, 9.17) is 6.42 Å². The Bertz CT molecular complexity index is 394. The predicted octanol–water partition coefficient (Wildman–Crippen LogP) is 1.33. The van der Waals surface area contributed by atoms with Crippen LogP contribution in [0, 0.1) is 18.3 Å². The SMILES string of the molecule is C#CCNC(=NCC(C)Cn1cccn1)NCC.I. The molecule has 1 aromatic rings. The van der Waals surface area contributed by atoms with Gasteiger partial charge in [0.25, 0.3) is 0 Å². The molecule has 2 N–H and O–H groups in total. The van der Waals surface area contributed by atoms with Gasteiger partial charge in [-0.1, -0.05) is 12.8 Å². The monoisotopic (exact) mass is 375 g/mol. The Labute approximate surface area is 132 Å². The Morgan fingerprint density at radius 1 is 1.53 bits per heavy atom. The molecule has 6 heteroatoms. The topological polar surface area (TPSA) is 54.2 Å². The van der Waals surface area contributed by atoms with E-state index in [1.54, 1.807) is 6.20 Å². The molecule has 0 spiro atoms. The molecule has 0 saturated heterocycles. The quantitative estimate of drug-likeness (QED) is 0.341. The third kappa shape index (κ3) is 7.72. The number of guanidine groups is 1. The second kappa shape index (κ2) is 10.7. The summed E-state index contributed by atoms with van der Waals surface area (Å²) in [7, 11) is 0. The van der Waals surface area contributed by atoms with Crippen molar-refractivity contribution in [3.63, 3.8) is 0 Å². The number of hydrogen-bond acceptors (Lipinski definition) is 2. The molecule has 0 fully saturated rings. The molecule has 0 saturated carbocycles.